The molecule has 4 heteroatoms. The van der Waals surface area contributed by atoms with Gasteiger partial charge in [-0.1, -0.05) is 29.8 Å². The van der Waals surface area contributed by atoms with Crippen LogP contribution in [0.2, 0.25) is 0 Å². The maximum absolute atomic E-state index is 12.3. The molecule has 1 aromatic carbocycles. The molecule has 0 saturated heterocycles. The highest BCUT2D eigenvalue weighted by atomic mass is 16.2. The molecule has 0 atom stereocenters. The van der Waals surface area contributed by atoms with Gasteiger partial charge in [-0.15, -0.1) is 0 Å². The maximum Gasteiger partial charge on any atom is 0.235 e. The van der Waals surface area contributed by atoms with Crippen LogP contribution in [0.3, 0.4) is 0 Å². The van der Waals surface area contributed by atoms with Crippen molar-refractivity contribution in [1.29, 1.82) is 0 Å². The zero-order valence-corrected chi connectivity index (χ0v) is 11.7. The summed E-state index contributed by atoms with van der Waals surface area (Å²) in [6.07, 6.45) is 3.44. The van der Waals surface area contributed by atoms with Crippen LogP contribution in [0.15, 0.2) is 24.3 Å². The van der Waals surface area contributed by atoms with Gasteiger partial charge in [0.05, 0.1) is 0 Å². The molecule has 0 aromatic heterocycles. The van der Waals surface area contributed by atoms with E-state index in [4.69, 9.17) is 0 Å². The van der Waals surface area contributed by atoms with Gasteiger partial charge in [-0.05, 0) is 38.2 Å². The molecule has 2 amide bonds. The third-order valence-electron chi connectivity index (χ3n) is 4.07. The Morgan fingerprint density at radius 2 is 2.00 bits per heavy atom. The summed E-state index contributed by atoms with van der Waals surface area (Å²) in [4.78, 5) is 24.4. The summed E-state index contributed by atoms with van der Waals surface area (Å²) in [7, 11) is 0. The average Bonchev–Trinajstić information content (AvgIpc) is 3.29. The molecule has 2 saturated carbocycles. The second-order valence-electron chi connectivity index (χ2n) is 6.00. The molecule has 3 rings (SSSR count). The second kappa shape index (κ2) is 4.93. The fourth-order valence-electron chi connectivity index (χ4n) is 2.41. The van der Waals surface area contributed by atoms with E-state index in [1.165, 1.54) is 5.56 Å². The van der Waals surface area contributed by atoms with Crippen molar-refractivity contribution in [3.8, 4) is 0 Å². The first-order chi connectivity index (χ1) is 9.60. The number of carbonyl (C=O) groups excluding carboxylic acids is 2. The van der Waals surface area contributed by atoms with E-state index in [1.807, 2.05) is 31.2 Å². The summed E-state index contributed by atoms with van der Waals surface area (Å²) in [5.41, 5.74) is 1.45. The number of nitrogens with one attached hydrogen (secondary N) is 2. The van der Waals surface area contributed by atoms with E-state index in [2.05, 4.69) is 10.6 Å². The van der Waals surface area contributed by atoms with Gasteiger partial charge in [0.1, 0.15) is 5.41 Å². The largest absolute Gasteiger partial charge is 0.352 e. The normalized spacial score (nSPS) is 19.2. The molecule has 2 aliphatic rings. The zero-order chi connectivity index (χ0) is 14.2. The molecule has 0 heterocycles. The Balaban J connectivity index is 1.57. The van der Waals surface area contributed by atoms with Crippen molar-refractivity contribution >= 4 is 11.8 Å². The average molecular weight is 272 g/mol. The number of amides is 2. The quantitative estimate of drug-likeness (QED) is 0.801. The van der Waals surface area contributed by atoms with E-state index >= 15 is 0 Å². The van der Waals surface area contributed by atoms with Crippen molar-refractivity contribution < 1.29 is 9.59 Å². The summed E-state index contributed by atoms with van der Waals surface area (Å²) in [6.45, 7) is 2.51. The first-order valence-corrected chi connectivity index (χ1v) is 7.25. The lowest BCUT2D eigenvalue weighted by Gasteiger charge is -2.15. The van der Waals surface area contributed by atoms with Gasteiger partial charge in [0.25, 0.3) is 0 Å². The molecule has 4 nitrogen and oxygen atoms in total. The van der Waals surface area contributed by atoms with E-state index in [0.29, 0.717) is 25.4 Å². The standard InChI is InChI=1S/C16H20N2O2/c1-11-3-2-4-12(9-11)10-17-14(19)16(7-8-16)15(20)18-13-5-6-13/h2-4,9,13H,5-8,10H2,1H3,(H,17,19)(H,18,20). The Bertz CT molecular complexity index is 545. The second-order valence-corrected chi connectivity index (χ2v) is 6.00. The highest BCUT2D eigenvalue weighted by Crippen LogP contribution is 2.46. The van der Waals surface area contributed by atoms with Gasteiger partial charge < -0.3 is 10.6 Å². The SMILES string of the molecule is Cc1cccc(CNC(=O)C2(C(=O)NC3CC3)CC2)c1. The minimum atomic E-state index is -0.785. The topological polar surface area (TPSA) is 58.2 Å². The van der Waals surface area contributed by atoms with Crippen molar-refractivity contribution in [3.05, 3.63) is 35.4 Å². The fourth-order valence-corrected chi connectivity index (χ4v) is 2.41. The molecule has 1 aromatic rings. The van der Waals surface area contributed by atoms with Crippen molar-refractivity contribution in [2.75, 3.05) is 0 Å². The van der Waals surface area contributed by atoms with E-state index in [9.17, 15) is 9.59 Å². The number of benzene rings is 1. The summed E-state index contributed by atoms with van der Waals surface area (Å²) in [5.74, 6) is -0.209. The van der Waals surface area contributed by atoms with Crippen LogP contribution in [0, 0.1) is 12.3 Å². The Morgan fingerprint density at radius 3 is 2.60 bits per heavy atom. The van der Waals surface area contributed by atoms with Crippen LogP contribution in [-0.2, 0) is 16.1 Å². The lowest BCUT2D eigenvalue weighted by molar-refractivity contribution is -0.137. The van der Waals surface area contributed by atoms with Crippen LogP contribution in [0.1, 0.15) is 36.8 Å². The van der Waals surface area contributed by atoms with E-state index in [0.717, 1.165) is 18.4 Å². The Hall–Kier alpha value is -1.84. The number of hydrogen-bond donors (Lipinski definition) is 2. The maximum atomic E-state index is 12.3. The minimum absolute atomic E-state index is 0.0817. The number of aryl methyl sites for hydroxylation is 1. The molecule has 2 N–H and O–H groups in total. The van der Waals surface area contributed by atoms with Crippen molar-refractivity contribution in [1.82, 2.24) is 10.6 Å². The van der Waals surface area contributed by atoms with Crippen LogP contribution >= 0.6 is 0 Å². The molecule has 2 aliphatic carbocycles. The first kappa shape index (κ1) is 13.2. The Morgan fingerprint density at radius 1 is 1.25 bits per heavy atom. The van der Waals surface area contributed by atoms with Crippen molar-refractivity contribution in [2.45, 2.75) is 45.2 Å². The molecule has 0 aliphatic heterocycles. The summed E-state index contributed by atoms with van der Waals surface area (Å²) < 4.78 is 0. The third kappa shape index (κ3) is 2.69. The molecule has 2 fully saturated rings. The number of rotatable bonds is 5. The molecular weight excluding hydrogens is 252 g/mol. The summed E-state index contributed by atoms with van der Waals surface area (Å²) in [5, 5.41) is 5.85. The summed E-state index contributed by atoms with van der Waals surface area (Å²) >= 11 is 0. The smallest absolute Gasteiger partial charge is 0.235 e. The predicted octanol–water partition coefficient (Wildman–Crippen LogP) is 1.67. The van der Waals surface area contributed by atoms with Gasteiger partial charge in [0.2, 0.25) is 11.8 Å². The van der Waals surface area contributed by atoms with Gasteiger partial charge >= 0.3 is 0 Å². The lowest BCUT2D eigenvalue weighted by atomic mass is 10.0. The minimum Gasteiger partial charge on any atom is -0.352 e. The van der Waals surface area contributed by atoms with Crippen LogP contribution < -0.4 is 10.6 Å². The van der Waals surface area contributed by atoms with Gasteiger partial charge in [-0.2, -0.15) is 0 Å². The molecular formula is C16H20N2O2. The zero-order valence-electron chi connectivity index (χ0n) is 11.7. The highest BCUT2D eigenvalue weighted by Gasteiger charge is 2.57. The Kier molecular flexibility index (Phi) is 3.24. The van der Waals surface area contributed by atoms with Gasteiger partial charge in [0.15, 0.2) is 0 Å². The number of carbonyl (C=O) groups is 2. The third-order valence-corrected chi connectivity index (χ3v) is 4.07. The fraction of sp³-hybridized carbons (Fsp3) is 0.500. The van der Waals surface area contributed by atoms with E-state index in [1.54, 1.807) is 0 Å². The van der Waals surface area contributed by atoms with Crippen molar-refractivity contribution in [2.24, 2.45) is 5.41 Å². The van der Waals surface area contributed by atoms with Crippen LogP contribution in [0.5, 0.6) is 0 Å². The lowest BCUT2D eigenvalue weighted by Crippen LogP contribution is -2.43. The van der Waals surface area contributed by atoms with Gasteiger partial charge in [-0.25, -0.2) is 0 Å². The van der Waals surface area contributed by atoms with Crippen LogP contribution in [-0.4, -0.2) is 17.9 Å². The highest BCUT2D eigenvalue weighted by molar-refractivity contribution is 6.08. The van der Waals surface area contributed by atoms with E-state index < -0.39 is 5.41 Å². The molecule has 20 heavy (non-hydrogen) atoms. The van der Waals surface area contributed by atoms with E-state index in [-0.39, 0.29) is 11.8 Å². The van der Waals surface area contributed by atoms with Crippen LogP contribution in [0.25, 0.3) is 0 Å². The summed E-state index contributed by atoms with van der Waals surface area (Å²) in [6, 6.07) is 8.34. The van der Waals surface area contributed by atoms with Gasteiger partial charge in [0, 0.05) is 12.6 Å². The first-order valence-electron chi connectivity index (χ1n) is 7.25. The molecule has 0 spiro atoms. The number of hydrogen-bond acceptors (Lipinski definition) is 2. The monoisotopic (exact) mass is 272 g/mol. The van der Waals surface area contributed by atoms with Crippen molar-refractivity contribution in [3.63, 3.8) is 0 Å². The Labute approximate surface area is 118 Å². The molecule has 0 bridgehead atoms. The predicted molar refractivity (Wildman–Crippen MR) is 75.9 cm³/mol. The molecule has 0 unspecified atom stereocenters. The molecule has 106 valence electrons. The van der Waals surface area contributed by atoms with Crippen LogP contribution in [0.4, 0.5) is 0 Å². The molecule has 0 radical (unpaired) electrons. The van der Waals surface area contributed by atoms with Gasteiger partial charge in [-0.3, -0.25) is 9.59 Å².